The summed E-state index contributed by atoms with van der Waals surface area (Å²) in [6.07, 6.45) is 0. The molecule has 14 heavy (non-hydrogen) atoms. The molecule has 0 spiro atoms. The van der Waals surface area contributed by atoms with Crippen LogP contribution in [0.4, 0.5) is 0 Å². The number of hydrogen-bond donors (Lipinski definition) is 1. The van der Waals surface area contributed by atoms with Crippen LogP contribution in [0.15, 0.2) is 30.3 Å². The lowest BCUT2D eigenvalue weighted by molar-refractivity contribution is 0.281. The van der Waals surface area contributed by atoms with Gasteiger partial charge in [-0.2, -0.15) is 0 Å². The molecule has 0 atom stereocenters. The van der Waals surface area contributed by atoms with Crippen LogP contribution in [0, 0.1) is 6.92 Å². The Hall–Kier alpha value is -1.05. The number of aryl methyl sites for hydroxylation is 1. The Balaban J connectivity index is 2.73. The van der Waals surface area contributed by atoms with Crippen LogP contribution in [0.3, 0.4) is 0 Å². The van der Waals surface area contributed by atoms with Gasteiger partial charge in [-0.25, -0.2) is 0 Å². The SMILES string of the molecule is Cc1cc2cc(Cl)ccc2cc1CO. The summed E-state index contributed by atoms with van der Waals surface area (Å²) < 4.78 is 0. The molecule has 72 valence electrons. The third-order valence-electron chi connectivity index (χ3n) is 2.43. The van der Waals surface area contributed by atoms with Gasteiger partial charge in [0.05, 0.1) is 6.61 Å². The van der Waals surface area contributed by atoms with Gasteiger partial charge in [-0.3, -0.25) is 0 Å². The maximum atomic E-state index is 9.11. The molecule has 0 aromatic heterocycles. The minimum absolute atomic E-state index is 0.0877. The summed E-state index contributed by atoms with van der Waals surface area (Å²) in [5.74, 6) is 0. The van der Waals surface area contributed by atoms with Gasteiger partial charge < -0.3 is 5.11 Å². The summed E-state index contributed by atoms with van der Waals surface area (Å²) >= 11 is 5.90. The molecule has 0 unspecified atom stereocenters. The summed E-state index contributed by atoms with van der Waals surface area (Å²) in [7, 11) is 0. The normalized spacial score (nSPS) is 10.8. The molecule has 0 radical (unpaired) electrons. The first-order chi connectivity index (χ1) is 6.70. The molecule has 0 aliphatic rings. The molecule has 0 saturated carbocycles. The summed E-state index contributed by atoms with van der Waals surface area (Å²) in [6.45, 7) is 2.08. The first-order valence-electron chi connectivity index (χ1n) is 4.50. The number of aliphatic hydroxyl groups is 1. The first-order valence-corrected chi connectivity index (χ1v) is 4.88. The van der Waals surface area contributed by atoms with Gasteiger partial charge >= 0.3 is 0 Å². The van der Waals surface area contributed by atoms with Crippen molar-refractivity contribution in [2.24, 2.45) is 0 Å². The van der Waals surface area contributed by atoms with Crippen molar-refractivity contribution in [3.63, 3.8) is 0 Å². The molecule has 0 bridgehead atoms. The van der Waals surface area contributed by atoms with Crippen molar-refractivity contribution in [2.75, 3.05) is 0 Å². The van der Waals surface area contributed by atoms with E-state index in [0.29, 0.717) is 0 Å². The number of fused-ring (bicyclic) bond motifs is 1. The highest BCUT2D eigenvalue weighted by molar-refractivity contribution is 6.31. The quantitative estimate of drug-likeness (QED) is 0.759. The van der Waals surface area contributed by atoms with E-state index in [0.717, 1.165) is 26.9 Å². The molecular weight excluding hydrogens is 196 g/mol. The molecule has 2 aromatic rings. The molecule has 2 aromatic carbocycles. The van der Waals surface area contributed by atoms with Gasteiger partial charge in [0.1, 0.15) is 0 Å². The Morgan fingerprint density at radius 1 is 1.14 bits per heavy atom. The zero-order valence-electron chi connectivity index (χ0n) is 7.92. The van der Waals surface area contributed by atoms with Crippen LogP contribution in [0.5, 0.6) is 0 Å². The van der Waals surface area contributed by atoms with Crippen LogP contribution in [0.2, 0.25) is 5.02 Å². The molecule has 1 N–H and O–H groups in total. The monoisotopic (exact) mass is 206 g/mol. The largest absolute Gasteiger partial charge is 0.392 e. The third kappa shape index (κ3) is 1.61. The Morgan fingerprint density at radius 2 is 1.93 bits per heavy atom. The molecule has 0 fully saturated rings. The number of benzene rings is 2. The minimum atomic E-state index is 0.0877. The van der Waals surface area contributed by atoms with Crippen LogP contribution in [0.25, 0.3) is 10.8 Å². The number of hydrogen-bond acceptors (Lipinski definition) is 1. The predicted octanol–water partition coefficient (Wildman–Crippen LogP) is 3.29. The second-order valence-electron chi connectivity index (χ2n) is 3.43. The second kappa shape index (κ2) is 3.60. The zero-order chi connectivity index (χ0) is 10.1. The molecule has 0 saturated heterocycles. The smallest absolute Gasteiger partial charge is 0.0684 e. The van der Waals surface area contributed by atoms with Crippen LogP contribution in [-0.2, 0) is 6.61 Å². The fourth-order valence-electron chi connectivity index (χ4n) is 1.60. The van der Waals surface area contributed by atoms with E-state index in [9.17, 15) is 0 Å². The minimum Gasteiger partial charge on any atom is -0.392 e. The number of aliphatic hydroxyl groups excluding tert-OH is 1. The van der Waals surface area contributed by atoms with E-state index in [2.05, 4.69) is 0 Å². The average Bonchev–Trinajstić information content (AvgIpc) is 2.16. The van der Waals surface area contributed by atoms with Crippen LogP contribution in [0.1, 0.15) is 11.1 Å². The van der Waals surface area contributed by atoms with Crippen molar-refractivity contribution in [2.45, 2.75) is 13.5 Å². The van der Waals surface area contributed by atoms with E-state index in [4.69, 9.17) is 16.7 Å². The van der Waals surface area contributed by atoms with Crippen molar-refractivity contribution in [3.05, 3.63) is 46.5 Å². The topological polar surface area (TPSA) is 20.2 Å². The highest BCUT2D eigenvalue weighted by Gasteiger charge is 2.00. The summed E-state index contributed by atoms with van der Waals surface area (Å²) in [5.41, 5.74) is 2.07. The van der Waals surface area contributed by atoms with E-state index >= 15 is 0 Å². The van der Waals surface area contributed by atoms with Crippen LogP contribution < -0.4 is 0 Å². The van der Waals surface area contributed by atoms with Crippen LogP contribution in [-0.4, -0.2) is 5.11 Å². The molecule has 2 rings (SSSR count). The zero-order valence-corrected chi connectivity index (χ0v) is 8.67. The van der Waals surface area contributed by atoms with Gasteiger partial charge in [0.2, 0.25) is 0 Å². The molecule has 1 nitrogen and oxygen atoms in total. The Bertz CT molecular complexity index is 477. The Morgan fingerprint density at radius 3 is 2.64 bits per heavy atom. The van der Waals surface area contributed by atoms with Gasteiger partial charge in [-0.05, 0) is 47.0 Å². The summed E-state index contributed by atoms with van der Waals surface area (Å²) in [4.78, 5) is 0. The highest BCUT2D eigenvalue weighted by atomic mass is 35.5. The van der Waals surface area contributed by atoms with E-state index in [1.807, 2.05) is 37.3 Å². The second-order valence-corrected chi connectivity index (χ2v) is 3.86. The van der Waals surface area contributed by atoms with E-state index in [1.165, 1.54) is 0 Å². The lowest BCUT2D eigenvalue weighted by atomic mass is 10.0. The number of rotatable bonds is 1. The van der Waals surface area contributed by atoms with E-state index in [-0.39, 0.29) is 6.61 Å². The summed E-state index contributed by atoms with van der Waals surface area (Å²) in [6, 6.07) is 9.81. The van der Waals surface area contributed by atoms with Gasteiger partial charge in [-0.1, -0.05) is 23.7 Å². The van der Waals surface area contributed by atoms with Gasteiger partial charge in [0.15, 0.2) is 0 Å². The van der Waals surface area contributed by atoms with Crippen molar-refractivity contribution < 1.29 is 5.11 Å². The lowest BCUT2D eigenvalue weighted by Crippen LogP contribution is -1.88. The van der Waals surface area contributed by atoms with Gasteiger partial charge in [-0.15, -0.1) is 0 Å². The first kappa shape index (κ1) is 9.50. The third-order valence-corrected chi connectivity index (χ3v) is 2.66. The molecule has 2 heteroatoms. The van der Waals surface area contributed by atoms with E-state index < -0.39 is 0 Å². The lowest BCUT2D eigenvalue weighted by Gasteiger charge is -2.05. The van der Waals surface area contributed by atoms with E-state index in [1.54, 1.807) is 0 Å². The highest BCUT2D eigenvalue weighted by Crippen LogP contribution is 2.23. The molecule has 0 aliphatic heterocycles. The molecule has 0 aliphatic carbocycles. The van der Waals surface area contributed by atoms with Crippen molar-refractivity contribution in [3.8, 4) is 0 Å². The number of halogens is 1. The Labute approximate surface area is 87.9 Å². The van der Waals surface area contributed by atoms with Gasteiger partial charge in [0.25, 0.3) is 0 Å². The maximum Gasteiger partial charge on any atom is 0.0684 e. The fourth-order valence-corrected chi connectivity index (χ4v) is 1.78. The molecular formula is C12H11ClO. The predicted molar refractivity (Wildman–Crippen MR) is 59.6 cm³/mol. The molecule has 0 heterocycles. The van der Waals surface area contributed by atoms with Gasteiger partial charge in [0, 0.05) is 5.02 Å². The van der Waals surface area contributed by atoms with Crippen molar-refractivity contribution in [1.29, 1.82) is 0 Å². The van der Waals surface area contributed by atoms with Crippen LogP contribution >= 0.6 is 11.6 Å². The maximum absolute atomic E-state index is 9.11. The fraction of sp³-hybridized carbons (Fsp3) is 0.167. The van der Waals surface area contributed by atoms with Crippen molar-refractivity contribution >= 4 is 22.4 Å². The Kier molecular flexibility index (Phi) is 2.44. The average molecular weight is 207 g/mol. The standard InChI is InChI=1S/C12H11ClO/c1-8-4-10-6-12(13)3-2-9(10)5-11(8)7-14/h2-6,14H,7H2,1H3. The summed E-state index contributed by atoms with van der Waals surface area (Å²) in [5, 5.41) is 12.1. The molecule has 0 amide bonds. The van der Waals surface area contributed by atoms with Crippen molar-refractivity contribution in [1.82, 2.24) is 0 Å².